The molecule has 2 nitrogen and oxygen atoms in total. The first-order valence-electron chi connectivity index (χ1n) is 10.7. The summed E-state index contributed by atoms with van der Waals surface area (Å²) in [6, 6.07) is 0.658. The third kappa shape index (κ3) is 6.18. The van der Waals surface area contributed by atoms with Crippen molar-refractivity contribution in [2.24, 2.45) is 10.8 Å². The van der Waals surface area contributed by atoms with Gasteiger partial charge in [-0.15, -0.1) is 0 Å². The van der Waals surface area contributed by atoms with Gasteiger partial charge in [-0.05, 0) is 46.7 Å². The largest absolute Gasteiger partial charge is 0.336 e. The molecule has 0 saturated heterocycles. The van der Waals surface area contributed by atoms with Crippen LogP contribution in [0.3, 0.4) is 0 Å². The molecule has 0 heterocycles. The molecule has 1 saturated carbocycles. The van der Waals surface area contributed by atoms with Crippen LogP contribution in [0, 0.1) is 10.8 Å². The molecule has 2 unspecified atom stereocenters. The van der Waals surface area contributed by atoms with Gasteiger partial charge < -0.3 is 9.96 Å². The van der Waals surface area contributed by atoms with Gasteiger partial charge in [0.05, 0.1) is 0 Å². The first-order chi connectivity index (χ1) is 11.2. The van der Waals surface area contributed by atoms with Crippen molar-refractivity contribution in [2.75, 3.05) is 6.54 Å². The number of hydrogen-bond acceptors (Lipinski definition) is 2. The van der Waals surface area contributed by atoms with Gasteiger partial charge in [0.25, 0.3) is 0 Å². The van der Waals surface area contributed by atoms with Crippen molar-refractivity contribution in [1.82, 2.24) is 9.96 Å². The van der Waals surface area contributed by atoms with E-state index < -0.39 is 16.5 Å². The zero-order chi connectivity index (χ0) is 20.8. The van der Waals surface area contributed by atoms with Crippen LogP contribution in [0.2, 0.25) is 36.3 Å². The predicted octanol–water partition coefficient (Wildman–Crippen LogP) is 6.76. The fraction of sp³-hybridized carbons (Fsp3) is 1.00. The number of nitrogens with one attached hydrogen (secondary N) is 2. The summed E-state index contributed by atoms with van der Waals surface area (Å²) >= 11 is 0. The maximum Gasteiger partial charge on any atom is 0.125 e. The fourth-order valence-electron chi connectivity index (χ4n) is 4.30. The Morgan fingerprint density at radius 2 is 1.27 bits per heavy atom. The van der Waals surface area contributed by atoms with Gasteiger partial charge in [-0.2, -0.15) is 0 Å². The van der Waals surface area contributed by atoms with Gasteiger partial charge in [-0.1, -0.05) is 88.5 Å². The summed E-state index contributed by atoms with van der Waals surface area (Å²) in [5.41, 5.74) is 0.805. The molecule has 0 aromatic rings. The second-order valence-electron chi connectivity index (χ2n) is 13.5. The highest BCUT2D eigenvalue weighted by atomic mass is 28.3. The third-order valence-corrected chi connectivity index (χ3v) is 17.4. The summed E-state index contributed by atoms with van der Waals surface area (Å²) in [5, 5.41) is 0.788. The summed E-state index contributed by atoms with van der Waals surface area (Å²) in [5.74, 6) is 0. The highest BCUT2D eigenvalue weighted by molar-refractivity contribution is 6.78. The maximum atomic E-state index is 4.20. The lowest BCUT2D eigenvalue weighted by atomic mass is 9.63. The standard InChI is InChI=1S/C22H50N2Si2/c1-19(2,3)25(10,11)23-17-22(9)15-18(14-21(7,8)16-22)24-26(12,13)20(4,5)6/h18,23-24H,14-17H2,1-13H3. The summed E-state index contributed by atoms with van der Waals surface area (Å²) in [6.07, 6.45) is 3.96. The van der Waals surface area contributed by atoms with Crippen molar-refractivity contribution >= 4 is 16.5 Å². The fourth-order valence-corrected chi connectivity index (χ4v) is 7.35. The van der Waals surface area contributed by atoms with Crippen molar-refractivity contribution in [3.05, 3.63) is 0 Å². The molecule has 0 amide bonds. The molecule has 0 aliphatic heterocycles. The van der Waals surface area contributed by atoms with Crippen LogP contribution >= 0.6 is 0 Å². The topological polar surface area (TPSA) is 24.1 Å². The van der Waals surface area contributed by atoms with Gasteiger partial charge in [0.1, 0.15) is 16.5 Å². The van der Waals surface area contributed by atoms with E-state index >= 15 is 0 Å². The van der Waals surface area contributed by atoms with Crippen LogP contribution in [-0.2, 0) is 0 Å². The van der Waals surface area contributed by atoms with Gasteiger partial charge in [-0.3, -0.25) is 0 Å². The highest BCUT2D eigenvalue weighted by Crippen LogP contribution is 2.47. The normalized spacial score (nSPS) is 28.3. The smallest absolute Gasteiger partial charge is 0.125 e. The van der Waals surface area contributed by atoms with Crippen molar-refractivity contribution in [1.29, 1.82) is 0 Å². The average Bonchev–Trinajstić information content (AvgIpc) is 2.30. The minimum Gasteiger partial charge on any atom is -0.336 e. The monoisotopic (exact) mass is 398 g/mol. The number of hydrogen-bond donors (Lipinski definition) is 2. The van der Waals surface area contributed by atoms with E-state index in [4.69, 9.17) is 0 Å². The lowest BCUT2D eigenvalue weighted by Gasteiger charge is -2.51. The van der Waals surface area contributed by atoms with Crippen LogP contribution in [0.1, 0.15) is 81.6 Å². The Hall–Kier alpha value is 0.354. The van der Waals surface area contributed by atoms with Crippen molar-refractivity contribution < 1.29 is 0 Å². The lowest BCUT2D eigenvalue weighted by Crippen LogP contribution is -2.61. The van der Waals surface area contributed by atoms with E-state index in [9.17, 15) is 0 Å². The molecular formula is C22H50N2Si2. The highest BCUT2D eigenvalue weighted by Gasteiger charge is 2.46. The molecule has 0 radical (unpaired) electrons. The molecule has 26 heavy (non-hydrogen) atoms. The van der Waals surface area contributed by atoms with Gasteiger partial charge in [-0.25, -0.2) is 0 Å². The van der Waals surface area contributed by atoms with E-state index in [-0.39, 0.29) is 0 Å². The van der Waals surface area contributed by atoms with Crippen molar-refractivity contribution in [3.63, 3.8) is 0 Å². The molecule has 0 bridgehead atoms. The maximum absolute atomic E-state index is 4.20. The Morgan fingerprint density at radius 1 is 0.808 bits per heavy atom. The van der Waals surface area contributed by atoms with Crippen molar-refractivity contribution in [3.8, 4) is 0 Å². The first-order valence-corrected chi connectivity index (χ1v) is 16.7. The SMILES string of the molecule is CC1(C)CC(N[Si](C)(C)C(C)(C)C)CC(C)(CN[Si](C)(C)C(C)(C)C)C1. The minimum absolute atomic E-state index is 0.386. The van der Waals surface area contributed by atoms with E-state index in [1.165, 1.54) is 25.8 Å². The van der Waals surface area contributed by atoms with Gasteiger partial charge in [0.15, 0.2) is 0 Å². The van der Waals surface area contributed by atoms with E-state index in [1.807, 2.05) is 0 Å². The van der Waals surface area contributed by atoms with Gasteiger partial charge >= 0.3 is 0 Å². The predicted molar refractivity (Wildman–Crippen MR) is 125 cm³/mol. The summed E-state index contributed by atoms with van der Waals surface area (Å²) in [6.45, 7) is 33.1. The van der Waals surface area contributed by atoms with E-state index in [0.29, 0.717) is 26.9 Å². The summed E-state index contributed by atoms with van der Waals surface area (Å²) < 4.78 is 0. The van der Waals surface area contributed by atoms with Crippen LogP contribution < -0.4 is 9.96 Å². The molecule has 4 heteroatoms. The van der Waals surface area contributed by atoms with Gasteiger partial charge in [0.2, 0.25) is 0 Å². The third-order valence-electron chi connectivity index (χ3n) is 7.72. The van der Waals surface area contributed by atoms with E-state index in [1.54, 1.807) is 0 Å². The Labute approximate surface area is 167 Å². The number of rotatable bonds is 5. The zero-order valence-electron chi connectivity index (χ0n) is 20.4. The molecule has 1 fully saturated rings. The minimum atomic E-state index is -1.47. The first kappa shape index (κ1) is 24.4. The molecule has 156 valence electrons. The zero-order valence-corrected chi connectivity index (χ0v) is 22.4. The summed E-state index contributed by atoms with van der Waals surface area (Å²) in [7, 11) is -2.91. The molecule has 0 aromatic carbocycles. The van der Waals surface area contributed by atoms with E-state index in [0.717, 1.165) is 0 Å². The molecule has 0 aromatic heterocycles. The Morgan fingerprint density at radius 3 is 1.69 bits per heavy atom. The summed E-state index contributed by atoms with van der Waals surface area (Å²) in [4.78, 5) is 8.28. The molecule has 1 rings (SSSR count). The van der Waals surface area contributed by atoms with Gasteiger partial charge in [0, 0.05) is 6.04 Å². The molecule has 2 atom stereocenters. The van der Waals surface area contributed by atoms with Crippen LogP contribution in [0.5, 0.6) is 0 Å². The molecule has 0 spiro atoms. The van der Waals surface area contributed by atoms with Crippen LogP contribution in [0.4, 0.5) is 0 Å². The lowest BCUT2D eigenvalue weighted by molar-refractivity contribution is 0.0801. The molecule has 2 N–H and O–H groups in total. The Kier molecular flexibility index (Phi) is 6.86. The Bertz CT molecular complexity index is 483. The van der Waals surface area contributed by atoms with E-state index in [2.05, 4.69) is 98.5 Å². The van der Waals surface area contributed by atoms with Crippen LogP contribution in [-0.4, -0.2) is 29.1 Å². The average molecular weight is 399 g/mol. The van der Waals surface area contributed by atoms with Crippen molar-refractivity contribution in [2.45, 2.75) is 124 Å². The molecular weight excluding hydrogens is 348 g/mol. The Balaban J connectivity index is 2.92. The van der Waals surface area contributed by atoms with Crippen LogP contribution in [0.25, 0.3) is 0 Å². The second kappa shape index (κ2) is 7.31. The second-order valence-corrected chi connectivity index (χ2v) is 23.6. The van der Waals surface area contributed by atoms with Crippen LogP contribution in [0.15, 0.2) is 0 Å². The quantitative estimate of drug-likeness (QED) is 0.500. The molecule has 1 aliphatic rings. The molecule has 1 aliphatic carbocycles.